The lowest BCUT2D eigenvalue weighted by molar-refractivity contribution is 0.448. The number of hydrogen-bond acceptors (Lipinski definition) is 4. The Hall–Kier alpha value is -1.65. The SMILES string of the molecule is Cc1cn(C(C)C)cn1.Cc1nnc(C(C)C)o1. The van der Waals surface area contributed by atoms with Crippen LogP contribution in [-0.4, -0.2) is 19.7 Å². The number of rotatable bonds is 2. The van der Waals surface area contributed by atoms with Gasteiger partial charge in [-0.3, -0.25) is 0 Å². The predicted molar refractivity (Wildman–Crippen MR) is 70.5 cm³/mol. The summed E-state index contributed by atoms with van der Waals surface area (Å²) in [6.07, 6.45) is 3.91. The molecule has 0 N–H and O–H groups in total. The van der Waals surface area contributed by atoms with Gasteiger partial charge in [0.15, 0.2) is 0 Å². The summed E-state index contributed by atoms with van der Waals surface area (Å²) in [4.78, 5) is 4.10. The third-order valence-electron chi connectivity index (χ3n) is 2.36. The minimum Gasteiger partial charge on any atom is -0.425 e. The number of aryl methyl sites for hydroxylation is 2. The minimum atomic E-state index is 0.339. The summed E-state index contributed by atoms with van der Waals surface area (Å²) in [5.41, 5.74) is 1.09. The summed E-state index contributed by atoms with van der Waals surface area (Å²) < 4.78 is 7.22. The van der Waals surface area contributed by atoms with Crippen molar-refractivity contribution < 1.29 is 4.42 Å². The minimum absolute atomic E-state index is 0.339. The van der Waals surface area contributed by atoms with E-state index < -0.39 is 0 Å². The van der Waals surface area contributed by atoms with Gasteiger partial charge in [0.1, 0.15) is 0 Å². The topological polar surface area (TPSA) is 56.7 Å². The first kappa shape index (κ1) is 14.4. The molecule has 0 aromatic carbocycles. The van der Waals surface area contributed by atoms with Crippen LogP contribution in [0.25, 0.3) is 0 Å². The van der Waals surface area contributed by atoms with E-state index in [2.05, 4.69) is 33.6 Å². The lowest BCUT2D eigenvalue weighted by atomic mass is 10.2. The normalized spacial score (nSPS) is 10.7. The maximum absolute atomic E-state index is 5.12. The summed E-state index contributed by atoms with van der Waals surface area (Å²) >= 11 is 0. The van der Waals surface area contributed by atoms with Crippen molar-refractivity contribution in [3.05, 3.63) is 30.0 Å². The van der Waals surface area contributed by atoms with Gasteiger partial charge in [-0.1, -0.05) is 13.8 Å². The van der Waals surface area contributed by atoms with E-state index in [4.69, 9.17) is 4.42 Å². The van der Waals surface area contributed by atoms with Crippen LogP contribution in [0.3, 0.4) is 0 Å². The third-order valence-corrected chi connectivity index (χ3v) is 2.36. The van der Waals surface area contributed by atoms with Gasteiger partial charge in [-0.2, -0.15) is 0 Å². The maximum atomic E-state index is 5.12. The van der Waals surface area contributed by atoms with Crippen LogP contribution < -0.4 is 0 Å². The molecule has 5 heteroatoms. The lowest BCUT2D eigenvalue weighted by Gasteiger charge is -2.02. The molecule has 0 bridgehead atoms. The summed E-state index contributed by atoms with van der Waals surface area (Å²) in [7, 11) is 0. The first-order valence-electron chi connectivity index (χ1n) is 6.20. The smallest absolute Gasteiger partial charge is 0.219 e. The molecule has 0 amide bonds. The number of hydrogen-bond donors (Lipinski definition) is 0. The maximum Gasteiger partial charge on any atom is 0.219 e. The lowest BCUT2D eigenvalue weighted by Crippen LogP contribution is -1.95. The number of imidazole rings is 1. The second-order valence-corrected chi connectivity index (χ2v) is 4.87. The Labute approximate surface area is 108 Å². The van der Waals surface area contributed by atoms with Crippen molar-refractivity contribution in [1.82, 2.24) is 19.7 Å². The summed E-state index contributed by atoms with van der Waals surface area (Å²) in [6, 6.07) is 0.534. The summed E-state index contributed by atoms with van der Waals surface area (Å²) in [5, 5.41) is 7.52. The van der Waals surface area contributed by atoms with Crippen LogP contribution >= 0.6 is 0 Å². The summed E-state index contributed by atoms with van der Waals surface area (Å²) in [5.74, 6) is 1.69. The first-order valence-corrected chi connectivity index (χ1v) is 6.20. The molecule has 100 valence electrons. The average molecular weight is 250 g/mol. The van der Waals surface area contributed by atoms with Gasteiger partial charge in [-0.05, 0) is 20.8 Å². The predicted octanol–water partition coefficient (Wildman–Crippen LogP) is 3.27. The molecule has 0 aliphatic rings. The monoisotopic (exact) mass is 250 g/mol. The van der Waals surface area contributed by atoms with Gasteiger partial charge in [0.25, 0.3) is 0 Å². The van der Waals surface area contributed by atoms with Crippen LogP contribution in [0.2, 0.25) is 0 Å². The van der Waals surface area contributed by atoms with Crippen molar-refractivity contribution in [2.24, 2.45) is 0 Å². The largest absolute Gasteiger partial charge is 0.425 e. The fourth-order valence-corrected chi connectivity index (χ4v) is 1.27. The van der Waals surface area contributed by atoms with Gasteiger partial charge < -0.3 is 8.98 Å². The van der Waals surface area contributed by atoms with E-state index in [1.807, 2.05) is 33.3 Å². The van der Waals surface area contributed by atoms with Gasteiger partial charge in [-0.15, -0.1) is 10.2 Å². The van der Waals surface area contributed by atoms with Crippen LogP contribution in [0.15, 0.2) is 16.9 Å². The fraction of sp³-hybridized carbons (Fsp3) is 0.615. The van der Waals surface area contributed by atoms with Gasteiger partial charge in [0.2, 0.25) is 11.8 Å². The van der Waals surface area contributed by atoms with Crippen molar-refractivity contribution in [3.63, 3.8) is 0 Å². The molecule has 0 atom stereocenters. The number of aromatic nitrogens is 4. The van der Waals surface area contributed by atoms with Gasteiger partial charge in [-0.25, -0.2) is 4.98 Å². The Balaban J connectivity index is 0.000000180. The van der Waals surface area contributed by atoms with E-state index >= 15 is 0 Å². The second-order valence-electron chi connectivity index (χ2n) is 4.87. The molecule has 0 aliphatic heterocycles. The summed E-state index contributed by atoms with van der Waals surface area (Å²) in [6.45, 7) is 12.1. The third kappa shape index (κ3) is 4.31. The zero-order valence-electron chi connectivity index (χ0n) is 12.0. The van der Waals surface area contributed by atoms with Crippen molar-refractivity contribution in [3.8, 4) is 0 Å². The van der Waals surface area contributed by atoms with Crippen LogP contribution in [0, 0.1) is 13.8 Å². The van der Waals surface area contributed by atoms with Gasteiger partial charge >= 0.3 is 0 Å². The molecule has 0 aliphatic carbocycles. The molecule has 2 aromatic heterocycles. The first-order chi connectivity index (χ1) is 8.40. The molecule has 0 spiro atoms. The Kier molecular flexibility index (Phi) is 5.07. The highest BCUT2D eigenvalue weighted by Gasteiger charge is 2.04. The molecule has 0 unspecified atom stereocenters. The van der Waals surface area contributed by atoms with E-state index in [0.717, 1.165) is 5.69 Å². The zero-order chi connectivity index (χ0) is 13.7. The Morgan fingerprint density at radius 3 is 2.00 bits per heavy atom. The van der Waals surface area contributed by atoms with E-state index in [-0.39, 0.29) is 0 Å². The molecule has 0 saturated carbocycles. The van der Waals surface area contributed by atoms with Crippen molar-refractivity contribution in [2.75, 3.05) is 0 Å². The molecule has 5 nitrogen and oxygen atoms in total. The molecule has 0 saturated heterocycles. The highest BCUT2D eigenvalue weighted by Crippen LogP contribution is 2.10. The quantitative estimate of drug-likeness (QED) is 0.820. The molecular formula is C13H22N4O. The van der Waals surface area contributed by atoms with Crippen molar-refractivity contribution in [1.29, 1.82) is 0 Å². The van der Waals surface area contributed by atoms with Crippen molar-refractivity contribution in [2.45, 2.75) is 53.5 Å². The molecule has 2 rings (SSSR count). The van der Waals surface area contributed by atoms with Crippen LogP contribution in [0.5, 0.6) is 0 Å². The second kappa shape index (κ2) is 6.33. The van der Waals surface area contributed by atoms with E-state index in [9.17, 15) is 0 Å². The fourth-order valence-electron chi connectivity index (χ4n) is 1.27. The molecule has 2 heterocycles. The van der Waals surface area contributed by atoms with Crippen molar-refractivity contribution >= 4 is 0 Å². The standard InChI is InChI=1S/C7H12N2.C6H10N2O/c1-6(2)9-4-7(3)8-5-9;1-4(2)6-8-7-5(3)9-6/h4-6H,1-3H3;4H,1-3H3. The van der Waals surface area contributed by atoms with Crippen LogP contribution in [-0.2, 0) is 0 Å². The molecule has 0 radical (unpaired) electrons. The van der Waals surface area contributed by atoms with E-state index in [0.29, 0.717) is 23.7 Å². The zero-order valence-corrected chi connectivity index (χ0v) is 12.0. The van der Waals surface area contributed by atoms with Gasteiger partial charge in [0.05, 0.1) is 12.0 Å². The number of nitrogens with zero attached hydrogens (tertiary/aromatic N) is 4. The highest BCUT2D eigenvalue weighted by atomic mass is 16.4. The van der Waals surface area contributed by atoms with Gasteiger partial charge in [0, 0.05) is 25.1 Å². The molecule has 2 aromatic rings. The Morgan fingerprint density at radius 2 is 1.78 bits per heavy atom. The van der Waals surface area contributed by atoms with E-state index in [1.54, 1.807) is 6.92 Å². The van der Waals surface area contributed by atoms with Crippen LogP contribution in [0.1, 0.15) is 57.1 Å². The van der Waals surface area contributed by atoms with E-state index in [1.165, 1.54) is 0 Å². The molecule has 18 heavy (non-hydrogen) atoms. The molecule has 0 fully saturated rings. The average Bonchev–Trinajstić information content (AvgIpc) is 2.88. The highest BCUT2D eigenvalue weighted by molar-refractivity contribution is 4.93. The Bertz CT molecular complexity index is 427. The Morgan fingerprint density at radius 1 is 1.11 bits per heavy atom. The molecular weight excluding hydrogens is 228 g/mol. The van der Waals surface area contributed by atoms with Crippen LogP contribution in [0.4, 0.5) is 0 Å².